The molecular weight excluding hydrogens is 266 g/mol. The van der Waals surface area contributed by atoms with Gasteiger partial charge >= 0.3 is 0 Å². The predicted molar refractivity (Wildman–Crippen MR) is 82.1 cm³/mol. The summed E-state index contributed by atoms with van der Waals surface area (Å²) in [4.78, 5) is 16.5. The van der Waals surface area contributed by atoms with Crippen molar-refractivity contribution in [3.05, 3.63) is 36.0 Å². The van der Waals surface area contributed by atoms with Crippen molar-refractivity contribution in [1.29, 1.82) is 0 Å². The van der Waals surface area contributed by atoms with E-state index in [9.17, 15) is 4.79 Å². The molecule has 21 heavy (non-hydrogen) atoms. The van der Waals surface area contributed by atoms with Crippen molar-refractivity contribution in [2.45, 2.75) is 24.9 Å². The number of rotatable bonds is 4. The van der Waals surface area contributed by atoms with Crippen LogP contribution in [-0.4, -0.2) is 30.1 Å². The summed E-state index contributed by atoms with van der Waals surface area (Å²) in [6, 6.07) is 7.53. The molecule has 1 aliphatic rings. The van der Waals surface area contributed by atoms with Gasteiger partial charge in [0.25, 0.3) is 5.91 Å². The zero-order valence-corrected chi connectivity index (χ0v) is 12.1. The molecule has 1 aliphatic carbocycles. The fourth-order valence-corrected chi connectivity index (χ4v) is 2.76. The Bertz CT molecular complexity index is 675. The summed E-state index contributed by atoms with van der Waals surface area (Å²) in [6.07, 6.45) is 4.67. The Morgan fingerprint density at radius 3 is 2.71 bits per heavy atom. The number of nitrogens with two attached hydrogens (primary N) is 1. The number of amides is 1. The normalized spacial score (nSPS) is 16.4. The largest absolute Gasteiger partial charge is 0.383 e. The number of benzene rings is 1. The minimum absolute atomic E-state index is 0.137. The van der Waals surface area contributed by atoms with Gasteiger partial charge in [0, 0.05) is 25.2 Å². The number of anilines is 1. The van der Waals surface area contributed by atoms with Crippen LogP contribution in [0.2, 0.25) is 0 Å². The number of pyridine rings is 1. The van der Waals surface area contributed by atoms with Gasteiger partial charge in [0.05, 0.1) is 11.2 Å². The minimum atomic E-state index is -0.188. The Hall–Kier alpha value is -2.14. The minimum Gasteiger partial charge on any atom is -0.383 e. The van der Waals surface area contributed by atoms with E-state index in [2.05, 4.69) is 10.3 Å². The third-order valence-corrected chi connectivity index (χ3v) is 4.34. The number of carbonyl (C=O) groups is 1. The van der Waals surface area contributed by atoms with E-state index >= 15 is 0 Å². The first-order valence-corrected chi connectivity index (χ1v) is 7.12. The van der Waals surface area contributed by atoms with E-state index < -0.39 is 0 Å². The molecule has 1 fully saturated rings. The first kappa shape index (κ1) is 13.8. The fraction of sp³-hybridized carbons (Fsp3) is 0.375. The first-order chi connectivity index (χ1) is 10.2. The van der Waals surface area contributed by atoms with Gasteiger partial charge < -0.3 is 15.8 Å². The fourth-order valence-electron chi connectivity index (χ4n) is 2.76. The third-order valence-electron chi connectivity index (χ3n) is 4.34. The molecule has 0 atom stereocenters. The molecule has 0 saturated heterocycles. The number of nitrogen functional groups attached to an aromatic ring is 1. The Morgan fingerprint density at radius 2 is 2.10 bits per heavy atom. The molecule has 0 spiro atoms. The number of fused-ring (bicyclic) bond motifs is 1. The Kier molecular flexibility index (Phi) is 3.51. The quantitative estimate of drug-likeness (QED) is 0.902. The highest BCUT2D eigenvalue weighted by molar-refractivity contribution is 6.08. The lowest BCUT2D eigenvalue weighted by Crippen LogP contribution is -2.49. The van der Waals surface area contributed by atoms with Gasteiger partial charge in [-0.25, -0.2) is 4.98 Å². The van der Waals surface area contributed by atoms with Crippen molar-refractivity contribution in [2.75, 3.05) is 19.4 Å². The summed E-state index contributed by atoms with van der Waals surface area (Å²) in [5.74, 6) is 0.302. The number of ether oxygens (including phenoxy) is 1. The van der Waals surface area contributed by atoms with E-state index in [0.29, 0.717) is 17.9 Å². The van der Waals surface area contributed by atoms with Gasteiger partial charge in [-0.2, -0.15) is 0 Å². The van der Waals surface area contributed by atoms with Crippen LogP contribution in [0.25, 0.3) is 10.8 Å². The molecule has 3 N–H and O–H groups in total. The molecule has 1 heterocycles. The topological polar surface area (TPSA) is 77.2 Å². The van der Waals surface area contributed by atoms with E-state index in [-0.39, 0.29) is 11.5 Å². The number of carbonyl (C=O) groups excluding carboxylic acids is 1. The Balaban J connectivity index is 1.83. The summed E-state index contributed by atoms with van der Waals surface area (Å²) in [7, 11) is 1.70. The highest BCUT2D eigenvalue weighted by Gasteiger charge is 2.37. The second-order valence-corrected chi connectivity index (χ2v) is 5.53. The van der Waals surface area contributed by atoms with Crippen molar-refractivity contribution < 1.29 is 9.53 Å². The lowest BCUT2D eigenvalue weighted by atomic mass is 9.80. The molecule has 5 heteroatoms. The average molecular weight is 285 g/mol. The van der Waals surface area contributed by atoms with Crippen molar-refractivity contribution in [3.8, 4) is 0 Å². The van der Waals surface area contributed by atoms with Crippen LogP contribution < -0.4 is 11.1 Å². The average Bonchev–Trinajstić information content (AvgIpc) is 2.47. The molecule has 110 valence electrons. The molecule has 1 saturated carbocycles. The van der Waals surface area contributed by atoms with Crippen molar-refractivity contribution in [2.24, 2.45) is 0 Å². The van der Waals surface area contributed by atoms with Gasteiger partial charge in [0.2, 0.25) is 0 Å². The Morgan fingerprint density at radius 1 is 1.38 bits per heavy atom. The van der Waals surface area contributed by atoms with Crippen LogP contribution in [-0.2, 0) is 4.74 Å². The molecule has 0 radical (unpaired) electrons. The van der Waals surface area contributed by atoms with Crippen LogP contribution in [0.15, 0.2) is 30.5 Å². The molecular formula is C16H19N3O2. The molecule has 0 aliphatic heterocycles. The van der Waals surface area contributed by atoms with Gasteiger partial charge in [-0.1, -0.05) is 24.3 Å². The van der Waals surface area contributed by atoms with Gasteiger partial charge in [-0.3, -0.25) is 4.79 Å². The van der Waals surface area contributed by atoms with E-state index in [0.717, 1.165) is 30.0 Å². The maximum atomic E-state index is 12.4. The zero-order valence-electron chi connectivity index (χ0n) is 12.1. The number of methoxy groups -OCH3 is 1. The number of nitrogens with zero attached hydrogens (tertiary/aromatic N) is 1. The molecule has 3 rings (SSSR count). The summed E-state index contributed by atoms with van der Waals surface area (Å²) in [5, 5.41) is 4.58. The first-order valence-electron chi connectivity index (χ1n) is 7.12. The van der Waals surface area contributed by atoms with Crippen molar-refractivity contribution >= 4 is 22.5 Å². The standard InChI is InChI=1S/C16H19N3O2/c1-21-16(7-4-8-16)10-19-15(20)13-9-18-14(17)12-6-3-2-5-11(12)13/h2-3,5-6,9H,4,7-8,10H2,1H3,(H2,17,18)(H,19,20). The molecule has 2 aromatic rings. The summed E-state index contributed by atoms with van der Waals surface area (Å²) in [5.41, 5.74) is 6.22. The van der Waals surface area contributed by atoms with Crippen molar-refractivity contribution in [1.82, 2.24) is 10.3 Å². The number of nitrogens with one attached hydrogen (secondary N) is 1. The van der Waals surface area contributed by atoms with E-state index in [1.807, 2.05) is 24.3 Å². The monoisotopic (exact) mass is 285 g/mol. The van der Waals surface area contributed by atoms with Crippen LogP contribution >= 0.6 is 0 Å². The smallest absolute Gasteiger partial charge is 0.253 e. The van der Waals surface area contributed by atoms with Crippen LogP contribution in [0.3, 0.4) is 0 Å². The maximum absolute atomic E-state index is 12.4. The van der Waals surface area contributed by atoms with Crippen LogP contribution in [0, 0.1) is 0 Å². The highest BCUT2D eigenvalue weighted by Crippen LogP contribution is 2.34. The predicted octanol–water partition coefficient (Wildman–Crippen LogP) is 2.12. The van der Waals surface area contributed by atoms with E-state index in [1.165, 1.54) is 6.20 Å². The van der Waals surface area contributed by atoms with Gasteiger partial charge in [-0.15, -0.1) is 0 Å². The second kappa shape index (κ2) is 5.33. The highest BCUT2D eigenvalue weighted by atomic mass is 16.5. The molecule has 1 aromatic carbocycles. The number of hydrogen-bond donors (Lipinski definition) is 2. The number of hydrogen-bond acceptors (Lipinski definition) is 4. The summed E-state index contributed by atoms with van der Waals surface area (Å²) < 4.78 is 5.52. The molecule has 5 nitrogen and oxygen atoms in total. The lowest BCUT2D eigenvalue weighted by molar-refractivity contribution is -0.0679. The van der Waals surface area contributed by atoms with Gasteiger partial charge in [-0.05, 0) is 24.6 Å². The van der Waals surface area contributed by atoms with Crippen LogP contribution in [0.1, 0.15) is 29.6 Å². The van der Waals surface area contributed by atoms with Crippen LogP contribution in [0.4, 0.5) is 5.82 Å². The van der Waals surface area contributed by atoms with E-state index in [1.54, 1.807) is 7.11 Å². The van der Waals surface area contributed by atoms with Gasteiger partial charge in [0.15, 0.2) is 0 Å². The number of aromatic nitrogens is 1. The van der Waals surface area contributed by atoms with Gasteiger partial charge in [0.1, 0.15) is 5.82 Å². The molecule has 0 bridgehead atoms. The zero-order chi connectivity index (χ0) is 14.9. The molecule has 0 unspecified atom stereocenters. The lowest BCUT2D eigenvalue weighted by Gasteiger charge is -2.40. The third kappa shape index (κ3) is 2.45. The van der Waals surface area contributed by atoms with Crippen molar-refractivity contribution in [3.63, 3.8) is 0 Å². The summed E-state index contributed by atoms with van der Waals surface area (Å²) >= 11 is 0. The van der Waals surface area contributed by atoms with Crippen LogP contribution in [0.5, 0.6) is 0 Å². The Labute approximate surface area is 123 Å². The molecule has 1 aromatic heterocycles. The maximum Gasteiger partial charge on any atom is 0.253 e. The SMILES string of the molecule is COC1(CNC(=O)c2cnc(N)c3ccccc23)CCC1. The summed E-state index contributed by atoms with van der Waals surface area (Å²) in [6.45, 7) is 0.529. The second-order valence-electron chi connectivity index (χ2n) is 5.53. The molecule has 1 amide bonds. The van der Waals surface area contributed by atoms with E-state index in [4.69, 9.17) is 10.5 Å².